The molecule has 3 rings (SSSR count). The molecule has 1 aromatic carbocycles. The Morgan fingerprint density at radius 3 is 2.77 bits per heavy atom. The van der Waals surface area contributed by atoms with Crippen molar-refractivity contribution in [2.24, 2.45) is 0 Å². The molecule has 0 saturated carbocycles. The first-order chi connectivity index (χ1) is 10.8. The van der Waals surface area contributed by atoms with Gasteiger partial charge < -0.3 is 10.2 Å². The number of nitriles is 1. The molecule has 0 spiro atoms. The van der Waals surface area contributed by atoms with Crippen LogP contribution in [0.2, 0.25) is 0 Å². The highest BCUT2D eigenvalue weighted by atomic mass is 15.3. The van der Waals surface area contributed by atoms with Gasteiger partial charge in [-0.15, -0.1) is 10.2 Å². The number of nitrogens with zero attached hydrogens (tertiary/aromatic N) is 4. The fraction of sp³-hybridized carbons (Fsp3) is 0.353. The fourth-order valence-corrected chi connectivity index (χ4v) is 2.76. The monoisotopic (exact) mass is 293 g/mol. The van der Waals surface area contributed by atoms with Crippen molar-refractivity contribution >= 4 is 5.82 Å². The first-order valence-corrected chi connectivity index (χ1v) is 7.61. The molecule has 2 aromatic rings. The third kappa shape index (κ3) is 3.60. The fourth-order valence-electron chi connectivity index (χ4n) is 2.76. The predicted octanol–water partition coefficient (Wildman–Crippen LogP) is 2.11. The molecule has 22 heavy (non-hydrogen) atoms. The van der Waals surface area contributed by atoms with E-state index in [2.05, 4.69) is 44.7 Å². The number of aromatic nitrogens is 2. The van der Waals surface area contributed by atoms with Crippen LogP contribution < -0.4 is 10.2 Å². The van der Waals surface area contributed by atoms with Crippen molar-refractivity contribution in [2.75, 3.05) is 18.0 Å². The van der Waals surface area contributed by atoms with Gasteiger partial charge in [-0.25, -0.2) is 0 Å². The molecule has 0 aliphatic carbocycles. The van der Waals surface area contributed by atoms with Crippen LogP contribution in [0, 0.1) is 11.3 Å². The van der Waals surface area contributed by atoms with Gasteiger partial charge in [-0.3, -0.25) is 0 Å². The van der Waals surface area contributed by atoms with Crippen LogP contribution in [0.5, 0.6) is 0 Å². The van der Waals surface area contributed by atoms with Crippen LogP contribution in [0.4, 0.5) is 5.82 Å². The lowest BCUT2D eigenvalue weighted by Crippen LogP contribution is -2.45. The highest BCUT2D eigenvalue weighted by Crippen LogP contribution is 2.17. The van der Waals surface area contributed by atoms with Crippen LogP contribution in [-0.2, 0) is 6.54 Å². The highest BCUT2D eigenvalue weighted by Gasteiger charge is 2.20. The molecule has 112 valence electrons. The number of benzene rings is 1. The summed E-state index contributed by atoms with van der Waals surface area (Å²) in [7, 11) is 0. The number of hydrogen-bond donors (Lipinski definition) is 1. The predicted molar refractivity (Wildman–Crippen MR) is 85.3 cm³/mol. The van der Waals surface area contributed by atoms with Gasteiger partial charge in [0.1, 0.15) is 6.07 Å². The Kier molecular flexibility index (Phi) is 4.62. The minimum absolute atomic E-state index is 0.361. The zero-order valence-corrected chi connectivity index (χ0v) is 12.4. The van der Waals surface area contributed by atoms with Crippen molar-refractivity contribution in [1.82, 2.24) is 15.5 Å². The van der Waals surface area contributed by atoms with E-state index in [9.17, 15) is 0 Å². The third-order valence-corrected chi connectivity index (χ3v) is 3.95. The Bertz CT molecular complexity index is 632. The maximum absolute atomic E-state index is 8.78. The molecule has 1 aliphatic rings. The summed E-state index contributed by atoms with van der Waals surface area (Å²) in [6.07, 6.45) is 2.31. The number of anilines is 1. The molecule has 5 heteroatoms. The maximum Gasteiger partial charge on any atom is 0.163 e. The lowest BCUT2D eigenvalue weighted by atomic mass is 10.1. The van der Waals surface area contributed by atoms with Crippen LogP contribution in [0.25, 0.3) is 0 Å². The van der Waals surface area contributed by atoms with E-state index in [4.69, 9.17) is 5.26 Å². The van der Waals surface area contributed by atoms with Gasteiger partial charge in [0.15, 0.2) is 11.5 Å². The van der Waals surface area contributed by atoms with Crippen LogP contribution >= 0.6 is 0 Å². The van der Waals surface area contributed by atoms with Gasteiger partial charge in [0, 0.05) is 25.7 Å². The van der Waals surface area contributed by atoms with Crippen molar-refractivity contribution in [3.05, 3.63) is 53.7 Å². The SMILES string of the molecule is N#Cc1ccc(N2CCCC(NCc3ccccc3)C2)nn1. The summed E-state index contributed by atoms with van der Waals surface area (Å²) in [6, 6.07) is 16.5. The summed E-state index contributed by atoms with van der Waals surface area (Å²) in [4.78, 5) is 2.24. The number of hydrogen-bond acceptors (Lipinski definition) is 5. The third-order valence-electron chi connectivity index (χ3n) is 3.95. The van der Waals surface area contributed by atoms with Gasteiger partial charge >= 0.3 is 0 Å². The van der Waals surface area contributed by atoms with Gasteiger partial charge in [-0.05, 0) is 30.5 Å². The second-order valence-electron chi connectivity index (χ2n) is 5.54. The second-order valence-corrected chi connectivity index (χ2v) is 5.54. The van der Waals surface area contributed by atoms with E-state index < -0.39 is 0 Å². The van der Waals surface area contributed by atoms with Crippen molar-refractivity contribution < 1.29 is 0 Å². The molecule has 1 N–H and O–H groups in total. The van der Waals surface area contributed by atoms with E-state index >= 15 is 0 Å². The Morgan fingerprint density at radius 1 is 1.18 bits per heavy atom. The largest absolute Gasteiger partial charge is 0.354 e. The molecular formula is C17H19N5. The smallest absolute Gasteiger partial charge is 0.163 e. The molecule has 1 aromatic heterocycles. The summed E-state index contributed by atoms with van der Waals surface area (Å²) >= 11 is 0. The van der Waals surface area contributed by atoms with Crippen LogP contribution in [0.15, 0.2) is 42.5 Å². The molecule has 0 bridgehead atoms. The Hall–Kier alpha value is -2.45. The maximum atomic E-state index is 8.78. The van der Waals surface area contributed by atoms with Crippen LogP contribution in [0.3, 0.4) is 0 Å². The van der Waals surface area contributed by atoms with Crippen LogP contribution in [-0.4, -0.2) is 29.3 Å². The summed E-state index contributed by atoms with van der Waals surface area (Å²) in [6.45, 7) is 2.80. The summed E-state index contributed by atoms with van der Waals surface area (Å²) in [5, 5.41) is 20.5. The minimum Gasteiger partial charge on any atom is -0.354 e. The van der Waals surface area contributed by atoms with E-state index in [1.165, 1.54) is 12.0 Å². The minimum atomic E-state index is 0.361. The Balaban J connectivity index is 1.58. The van der Waals surface area contributed by atoms with E-state index in [-0.39, 0.29) is 0 Å². The van der Waals surface area contributed by atoms with E-state index in [0.29, 0.717) is 11.7 Å². The van der Waals surface area contributed by atoms with E-state index in [1.807, 2.05) is 18.2 Å². The standard InChI is InChI=1S/C17H19N5/c18-11-15-8-9-17(21-20-15)22-10-4-7-16(13-22)19-12-14-5-2-1-3-6-14/h1-3,5-6,8-9,16,19H,4,7,10,12-13H2. The molecule has 1 aliphatic heterocycles. The zero-order valence-electron chi connectivity index (χ0n) is 12.4. The highest BCUT2D eigenvalue weighted by molar-refractivity contribution is 5.39. The molecule has 0 radical (unpaired) electrons. The molecule has 0 amide bonds. The van der Waals surface area contributed by atoms with E-state index in [0.717, 1.165) is 31.9 Å². The van der Waals surface area contributed by atoms with Gasteiger partial charge in [0.2, 0.25) is 0 Å². The average molecular weight is 293 g/mol. The molecule has 5 nitrogen and oxygen atoms in total. The van der Waals surface area contributed by atoms with Crippen molar-refractivity contribution in [3.63, 3.8) is 0 Å². The number of nitrogens with one attached hydrogen (secondary N) is 1. The topological polar surface area (TPSA) is 64.8 Å². The van der Waals surface area contributed by atoms with Gasteiger partial charge in [-0.1, -0.05) is 30.3 Å². The Labute approximate surface area is 130 Å². The molecule has 1 saturated heterocycles. The first kappa shape index (κ1) is 14.5. The molecule has 1 fully saturated rings. The van der Waals surface area contributed by atoms with Crippen molar-refractivity contribution in [2.45, 2.75) is 25.4 Å². The molecule has 1 unspecified atom stereocenters. The van der Waals surface area contributed by atoms with Crippen molar-refractivity contribution in [1.29, 1.82) is 5.26 Å². The molecule has 1 atom stereocenters. The van der Waals surface area contributed by atoms with Crippen molar-refractivity contribution in [3.8, 4) is 6.07 Å². The van der Waals surface area contributed by atoms with Crippen LogP contribution in [0.1, 0.15) is 24.1 Å². The summed E-state index contributed by atoms with van der Waals surface area (Å²) in [5.74, 6) is 0.852. The normalized spacial score (nSPS) is 18.0. The molecular weight excluding hydrogens is 274 g/mol. The van der Waals surface area contributed by atoms with Gasteiger partial charge in [-0.2, -0.15) is 5.26 Å². The summed E-state index contributed by atoms with van der Waals surface area (Å²) in [5.41, 5.74) is 1.66. The van der Waals surface area contributed by atoms with Gasteiger partial charge in [0.05, 0.1) is 0 Å². The lowest BCUT2D eigenvalue weighted by molar-refractivity contribution is 0.419. The second kappa shape index (κ2) is 7.01. The zero-order chi connectivity index (χ0) is 15.2. The summed E-state index contributed by atoms with van der Waals surface area (Å²) < 4.78 is 0. The Morgan fingerprint density at radius 2 is 2.05 bits per heavy atom. The molecule has 2 heterocycles. The average Bonchev–Trinajstić information content (AvgIpc) is 2.61. The number of rotatable bonds is 4. The number of piperidine rings is 1. The van der Waals surface area contributed by atoms with E-state index in [1.54, 1.807) is 6.07 Å². The first-order valence-electron chi connectivity index (χ1n) is 7.61. The quantitative estimate of drug-likeness (QED) is 0.935. The van der Waals surface area contributed by atoms with Gasteiger partial charge in [0.25, 0.3) is 0 Å². The lowest BCUT2D eigenvalue weighted by Gasteiger charge is -2.33.